The molecule has 0 saturated carbocycles. The van der Waals surface area contributed by atoms with Gasteiger partial charge in [0.05, 0.1) is 11.8 Å². The molecule has 3 nitrogen and oxygen atoms in total. The van der Waals surface area contributed by atoms with Crippen molar-refractivity contribution in [2.75, 3.05) is 13.1 Å². The SMILES string of the molecule is CCC1CCCN(C(=O)c2ccncc2F)C1. The minimum Gasteiger partial charge on any atom is -0.338 e. The molecule has 1 aliphatic heterocycles. The number of carbonyl (C=O) groups excluding carboxylic acids is 1. The van der Waals surface area contributed by atoms with Gasteiger partial charge in [0.2, 0.25) is 0 Å². The topological polar surface area (TPSA) is 33.2 Å². The van der Waals surface area contributed by atoms with Gasteiger partial charge in [-0.2, -0.15) is 0 Å². The fourth-order valence-corrected chi connectivity index (χ4v) is 2.30. The number of carbonyl (C=O) groups is 1. The van der Waals surface area contributed by atoms with Crippen molar-refractivity contribution in [1.82, 2.24) is 9.88 Å². The van der Waals surface area contributed by atoms with E-state index in [1.54, 1.807) is 4.90 Å². The van der Waals surface area contributed by atoms with Crippen LogP contribution in [0.1, 0.15) is 36.5 Å². The maximum Gasteiger partial charge on any atom is 0.256 e. The number of aromatic nitrogens is 1. The van der Waals surface area contributed by atoms with Crippen LogP contribution in [0.5, 0.6) is 0 Å². The number of nitrogens with zero attached hydrogens (tertiary/aromatic N) is 2. The van der Waals surface area contributed by atoms with Crippen LogP contribution in [-0.2, 0) is 0 Å². The summed E-state index contributed by atoms with van der Waals surface area (Å²) in [7, 11) is 0. The van der Waals surface area contributed by atoms with E-state index in [1.165, 1.54) is 18.7 Å². The molecule has 1 fully saturated rings. The molecule has 0 aliphatic carbocycles. The summed E-state index contributed by atoms with van der Waals surface area (Å²) < 4.78 is 13.5. The number of hydrogen-bond acceptors (Lipinski definition) is 2. The number of amides is 1. The van der Waals surface area contributed by atoms with Crippen molar-refractivity contribution in [3.63, 3.8) is 0 Å². The van der Waals surface area contributed by atoms with Crippen LogP contribution >= 0.6 is 0 Å². The molecule has 1 aromatic heterocycles. The molecule has 0 radical (unpaired) electrons. The van der Waals surface area contributed by atoms with E-state index in [-0.39, 0.29) is 11.5 Å². The first-order chi connectivity index (χ1) is 8.22. The normalized spacial score (nSPS) is 20.4. The van der Waals surface area contributed by atoms with E-state index in [4.69, 9.17) is 0 Å². The summed E-state index contributed by atoms with van der Waals surface area (Å²) >= 11 is 0. The average molecular weight is 236 g/mol. The van der Waals surface area contributed by atoms with E-state index >= 15 is 0 Å². The third kappa shape index (κ3) is 2.62. The summed E-state index contributed by atoms with van der Waals surface area (Å²) in [6.45, 7) is 3.61. The lowest BCUT2D eigenvalue weighted by molar-refractivity contribution is 0.0666. The Hall–Kier alpha value is -1.45. The van der Waals surface area contributed by atoms with E-state index in [0.29, 0.717) is 5.92 Å². The summed E-state index contributed by atoms with van der Waals surface area (Å²) in [5.41, 5.74) is 0.136. The van der Waals surface area contributed by atoms with Gasteiger partial charge in [-0.1, -0.05) is 13.3 Å². The van der Waals surface area contributed by atoms with Crippen molar-refractivity contribution < 1.29 is 9.18 Å². The van der Waals surface area contributed by atoms with Crippen LogP contribution in [0.25, 0.3) is 0 Å². The lowest BCUT2D eigenvalue weighted by atomic mass is 9.95. The van der Waals surface area contributed by atoms with Gasteiger partial charge >= 0.3 is 0 Å². The second-order valence-corrected chi connectivity index (χ2v) is 4.52. The molecule has 4 heteroatoms. The van der Waals surface area contributed by atoms with Crippen LogP contribution in [-0.4, -0.2) is 28.9 Å². The maximum absolute atomic E-state index is 13.5. The Bertz CT molecular complexity index is 408. The summed E-state index contributed by atoms with van der Waals surface area (Å²) in [5.74, 6) is -0.184. The number of piperidine rings is 1. The van der Waals surface area contributed by atoms with E-state index in [1.807, 2.05) is 0 Å². The summed E-state index contributed by atoms with van der Waals surface area (Å²) in [6.07, 6.45) is 5.80. The minimum absolute atomic E-state index is 0.136. The van der Waals surface area contributed by atoms with E-state index < -0.39 is 5.82 Å². The van der Waals surface area contributed by atoms with Crippen molar-refractivity contribution in [2.24, 2.45) is 5.92 Å². The second-order valence-electron chi connectivity index (χ2n) is 4.52. The van der Waals surface area contributed by atoms with Crippen LogP contribution in [0.4, 0.5) is 4.39 Å². The molecule has 2 heterocycles. The Morgan fingerprint density at radius 3 is 3.18 bits per heavy atom. The van der Waals surface area contributed by atoms with E-state index in [2.05, 4.69) is 11.9 Å². The zero-order valence-electron chi connectivity index (χ0n) is 10.0. The van der Waals surface area contributed by atoms with Crippen LogP contribution in [0.2, 0.25) is 0 Å². The first-order valence-electron chi connectivity index (χ1n) is 6.11. The first-order valence-corrected chi connectivity index (χ1v) is 6.11. The first kappa shape index (κ1) is 12.0. The predicted molar refractivity (Wildman–Crippen MR) is 63.1 cm³/mol. The van der Waals surface area contributed by atoms with Gasteiger partial charge in [0.25, 0.3) is 5.91 Å². The summed E-state index contributed by atoms with van der Waals surface area (Å²) in [6, 6.07) is 1.45. The highest BCUT2D eigenvalue weighted by atomic mass is 19.1. The Balaban J connectivity index is 2.12. The van der Waals surface area contributed by atoms with Crippen LogP contribution in [0.15, 0.2) is 18.5 Å². The van der Waals surface area contributed by atoms with Crippen LogP contribution in [0, 0.1) is 11.7 Å². The largest absolute Gasteiger partial charge is 0.338 e. The molecule has 1 atom stereocenters. The molecule has 0 aromatic carbocycles. The lowest BCUT2D eigenvalue weighted by Gasteiger charge is -2.32. The molecule has 92 valence electrons. The number of likely N-dealkylation sites (tertiary alicyclic amines) is 1. The number of pyridine rings is 1. The van der Waals surface area contributed by atoms with Crippen molar-refractivity contribution in [3.05, 3.63) is 29.8 Å². The monoisotopic (exact) mass is 236 g/mol. The van der Waals surface area contributed by atoms with Crippen molar-refractivity contribution in [3.8, 4) is 0 Å². The minimum atomic E-state index is -0.531. The van der Waals surface area contributed by atoms with Crippen LogP contribution < -0.4 is 0 Å². The van der Waals surface area contributed by atoms with Gasteiger partial charge in [-0.25, -0.2) is 4.39 Å². The molecule has 0 bridgehead atoms. The van der Waals surface area contributed by atoms with Crippen molar-refractivity contribution in [1.29, 1.82) is 0 Å². The standard InChI is InChI=1S/C13H17FN2O/c1-2-10-4-3-7-16(9-10)13(17)11-5-6-15-8-12(11)14/h5-6,8,10H,2-4,7,9H2,1H3. The highest BCUT2D eigenvalue weighted by molar-refractivity contribution is 5.94. The quantitative estimate of drug-likeness (QED) is 0.790. The second kappa shape index (κ2) is 5.25. The molecule has 1 unspecified atom stereocenters. The summed E-state index contributed by atoms with van der Waals surface area (Å²) in [4.78, 5) is 17.6. The molecule has 2 rings (SSSR count). The molecular weight excluding hydrogens is 219 g/mol. The Kier molecular flexibility index (Phi) is 3.71. The highest BCUT2D eigenvalue weighted by Gasteiger charge is 2.24. The van der Waals surface area contributed by atoms with E-state index in [0.717, 1.165) is 32.1 Å². The molecular formula is C13H17FN2O. The third-order valence-electron chi connectivity index (χ3n) is 3.39. The lowest BCUT2D eigenvalue weighted by Crippen LogP contribution is -2.40. The van der Waals surface area contributed by atoms with Gasteiger partial charge in [0.15, 0.2) is 5.82 Å². The Labute approximate surface area is 101 Å². The zero-order valence-corrected chi connectivity index (χ0v) is 10.0. The molecule has 1 amide bonds. The van der Waals surface area contributed by atoms with Gasteiger partial charge in [0, 0.05) is 19.3 Å². The number of rotatable bonds is 2. The Morgan fingerprint density at radius 1 is 1.65 bits per heavy atom. The molecule has 0 spiro atoms. The molecule has 1 aliphatic rings. The number of halogens is 1. The fraction of sp³-hybridized carbons (Fsp3) is 0.538. The van der Waals surface area contributed by atoms with Gasteiger partial charge in [-0.15, -0.1) is 0 Å². The van der Waals surface area contributed by atoms with Crippen LogP contribution in [0.3, 0.4) is 0 Å². The Morgan fingerprint density at radius 2 is 2.47 bits per heavy atom. The molecule has 1 saturated heterocycles. The smallest absolute Gasteiger partial charge is 0.256 e. The third-order valence-corrected chi connectivity index (χ3v) is 3.39. The highest BCUT2D eigenvalue weighted by Crippen LogP contribution is 2.21. The van der Waals surface area contributed by atoms with Crippen molar-refractivity contribution in [2.45, 2.75) is 26.2 Å². The number of hydrogen-bond donors (Lipinski definition) is 0. The fourth-order valence-electron chi connectivity index (χ4n) is 2.30. The van der Waals surface area contributed by atoms with Gasteiger partial charge in [0.1, 0.15) is 0 Å². The maximum atomic E-state index is 13.5. The zero-order chi connectivity index (χ0) is 12.3. The molecule has 1 aromatic rings. The molecule has 17 heavy (non-hydrogen) atoms. The molecule has 0 N–H and O–H groups in total. The van der Waals surface area contributed by atoms with Gasteiger partial charge in [-0.3, -0.25) is 9.78 Å². The average Bonchev–Trinajstić information content (AvgIpc) is 2.38. The predicted octanol–water partition coefficient (Wildman–Crippen LogP) is 2.48. The summed E-state index contributed by atoms with van der Waals surface area (Å²) in [5, 5.41) is 0. The van der Waals surface area contributed by atoms with Gasteiger partial charge < -0.3 is 4.90 Å². The van der Waals surface area contributed by atoms with E-state index in [9.17, 15) is 9.18 Å². The van der Waals surface area contributed by atoms with Crippen molar-refractivity contribution >= 4 is 5.91 Å². The van der Waals surface area contributed by atoms with Gasteiger partial charge in [-0.05, 0) is 24.8 Å².